The quantitative estimate of drug-likeness (QED) is 0.727. The van der Waals surface area contributed by atoms with Gasteiger partial charge in [-0.25, -0.2) is 4.98 Å². The first-order chi connectivity index (χ1) is 8.72. The van der Waals surface area contributed by atoms with Crippen molar-refractivity contribution in [3.8, 4) is 5.75 Å². The van der Waals surface area contributed by atoms with Crippen LogP contribution in [-0.4, -0.2) is 9.38 Å². The van der Waals surface area contributed by atoms with Gasteiger partial charge in [0.25, 0.3) is 0 Å². The summed E-state index contributed by atoms with van der Waals surface area (Å²) in [6, 6.07) is 5.97. The van der Waals surface area contributed by atoms with Gasteiger partial charge in [-0.3, -0.25) is 4.40 Å². The van der Waals surface area contributed by atoms with Gasteiger partial charge in [0.2, 0.25) is 0 Å². The number of ether oxygens (including phenoxy) is 1. The number of benzene rings is 1. The summed E-state index contributed by atoms with van der Waals surface area (Å²) in [5, 5.41) is 2.02. The van der Waals surface area contributed by atoms with Crippen molar-refractivity contribution in [3.63, 3.8) is 0 Å². The Balaban J connectivity index is 1.73. The molecule has 0 aliphatic heterocycles. The molecule has 0 N–H and O–H groups in total. The van der Waals surface area contributed by atoms with E-state index in [1.54, 1.807) is 11.3 Å². The van der Waals surface area contributed by atoms with Crippen LogP contribution in [0.2, 0.25) is 0 Å². The van der Waals surface area contributed by atoms with E-state index in [0.717, 1.165) is 20.9 Å². The zero-order chi connectivity index (χ0) is 12.5. The highest BCUT2D eigenvalue weighted by molar-refractivity contribution is 9.10. The maximum absolute atomic E-state index is 5.73. The number of rotatable bonds is 3. The van der Waals surface area contributed by atoms with Crippen LogP contribution in [0, 0.1) is 6.92 Å². The molecule has 0 saturated carbocycles. The second-order valence-corrected chi connectivity index (χ2v) is 5.75. The average Bonchev–Trinajstić information content (AvgIpc) is 2.91. The number of thiazole rings is 1. The fourth-order valence-electron chi connectivity index (χ4n) is 1.71. The van der Waals surface area contributed by atoms with E-state index in [9.17, 15) is 0 Å². The van der Waals surface area contributed by atoms with Gasteiger partial charge in [0.05, 0.1) is 5.69 Å². The molecule has 0 radical (unpaired) electrons. The molecule has 0 aliphatic carbocycles. The summed E-state index contributed by atoms with van der Waals surface area (Å²) >= 11 is 5.10. The van der Waals surface area contributed by atoms with Crippen molar-refractivity contribution >= 4 is 32.2 Å². The Bertz CT molecular complexity index is 661. The summed E-state index contributed by atoms with van der Waals surface area (Å²) in [6.07, 6.45) is 4.00. The van der Waals surface area contributed by atoms with E-state index in [1.165, 1.54) is 5.56 Å². The van der Waals surface area contributed by atoms with Gasteiger partial charge in [-0.2, -0.15) is 0 Å². The van der Waals surface area contributed by atoms with Gasteiger partial charge in [0.1, 0.15) is 12.4 Å². The molecule has 18 heavy (non-hydrogen) atoms. The Labute approximate surface area is 117 Å². The van der Waals surface area contributed by atoms with Crippen LogP contribution in [0.5, 0.6) is 5.75 Å². The second-order valence-electron chi connectivity index (χ2n) is 4.02. The molecule has 0 bridgehead atoms. The van der Waals surface area contributed by atoms with E-state index in [-0.39, 0.29) is 0 Å². The third kappa shape index (κ3) is 2.28. The Hall–Kier alpha value is -1.33. The van der Waals surface area contributed by atoms with Crippen molar-refractivity contribution in [2.45, 2.75) is 13.5 Å². The average molecular weight is 323 g/mol. The van der Waals surface area contributed by atoms with Crippen molar-refractivity contribution in [3.05, 3.63) is 51.7 Å². The van der Waals surface area contributed by atoms with Gasteiger partial charge in [-0.1, -0.05) is 15.9 Å². The summed E-state index contributed by atoms with van der Waals surface area (Å²) < 4.78 is 8.84. The fourth-order valence-corrected chi connectivity index (χ4v) is 2.68. The summed E-state index contributed by atoms with van der Waals surface area (Å²) in [4.78, 5) is 5.48. The largest absolute Gasteiger partial charge is 0.487 e. The van der Waals surface area contributed by atoms with Crippen molar-refractivity contribution in [2.24, 2.45) is 0 Å². The predicted molar refractivity (Wildman–Crippen MR) is 76.3 cm³/mol. The molecule has 0 saturated heterocycles. The minimum Gasteiger partial charge on any atom is -0.487 e. The maximum Gasteiger partial charge on any atom is 0.193 e. The highest BCUT2D eigenvalue weighted by Crippen LogP contribution is 2.22. The van der Waals surface area contributed by atoms with E-state index in [0.29, 0.717) is 6.61 Å². The van der Waals surface area contributed by atoms with E-state index >= 15 is 0 Å². The van der Waals surface area contributed by atoms with Gasteiger partial charge >= 0.3 is 0 Å². The monoisotopic (exact) mass is 322 g/mol. The number of nitrogens with zero attached hydrogens (tertiary/aromatic N) is 2. The molecule has 0 spiro atoms. The third-order valence-electron chi connectivity index (χ3n) is 2.66. The summed E-state index contributed by atoms with van der Waals surface area (Å²) in [7, 11) is 0. The highest BCUT2D eigenvalue weighted by Gasteiger charge is 2.04. The maximum atomic E-state index is 5.73. The normalized spacial score (nSPS) is 11.0. The Morgan fingerprint density at radius 1 is 1.44 bits per heavy atom. The molecule has 0 aliphatic rings. The Morgan fingerprint density at radius 2 is 2.33 bits per heavy atom. The number of fused-ring (bicyclic) bond motifs is 1. The zero-order valence-electron chi connectivity index (χ0n) is 9.76. The van der Waals surface area contributed by atoms with Gasteiger partial charge in [0, 0.05) is 22.2 Å². The molecule has 1 aromatic carbocycles. The van der Waals surface area contributed by atoms with Crippen LogP contribution in [0.4, 0.5) is 0 Å². The van der Waals surface area contributed by atoms with E-state index in [2.05, 4.69) is 20.9 Å². The van der Waals surface area contributed by atoms with Crippen molar-refractivity contribution in [1.29, 1.82) is 0 Å². The van der Waals surface area contributed by atoms with Crippen LogP contribution < -0.4 is 4.74 Å². The molecular weight excluding hydrogens is 312 g/mol. The number of aromatic nitrogens is 2. The molecular formula is C13H11BrN2OS. The molecule has 0 amide bonds. The molecule has 0 fully saturated rings. The molecule has 2 aromatic heterocycles. The summed E-state index contributed by atoms with van der Waals surface area (Å²) in [5.41, 5.74) is 2.11. The molecule has 92 valence electrons. The number of hydrogen-bond donors (Lipinski definition) is 0. The van der Waals surface area contributed by atoms with Crippen molar-refractivity contribution in [2.75, 3.05) is 0 Å². The van der Waals surface area contributed by atoms with Gasteiger partial charge < -0.3 is 4.74 Å². The predicted octanol–water partition coefficient (Wildman–Crippen LogP) is 4.05. The van der Waals surface area contributed by atoms with Gasteiger partial charge in [0.15, 0.2) is 4.96 Å². The number of halogens is 1. The summed E-state index contributed by atoms with van der Waals surface area (Å²) in [6.45, 7) is 2.54. The SMILES string of the molecule is Cc1cc(OCc2cn3ccsc3n2)ccc1Br. The van der Waals surface area contributed by atoms with Crippen LogP contribution in [0.1, 0.15) is 11.3 Å². The molecule has 3 nitrogen and oxygen atoms in total. The Kier molecular flexibility index (Phi) is 3.09. The first kappa shape index (κ1) is 11.7. The highest BCUT2D eigenvalue weighted by atomic mass is 79.9. The van der Waals surface area contributed by atoms with E-state index in [1.807, 2.05) is 47.3 Å². The lowest BCUT2D eigenvalue weighted by Crippen LogP contribution is -1.95. The number of hydrogen-bond acceptors (Lipinski definition) is 3. The molecule has 3 rings (SSSR count). The third-order valence-corrected chi connectivity index (χ3v) is 4.32. The number of imidazole rings is 1. The smallest absolute Gasteiger partial charge is 0.193 e. The van der Waals surface area contributed by atoms with Gasteiger partial charge in [-0.15, -0.1) is 11.3 Å². The van der Waals surface area contributed by atoms with Crippen LogP contribution in [-0.2, 0) is 6.61 Å². The standard InChI is InChI=1S/C13H11BrN2OS/c1-9-6-11(2-3-12(9)14)17-8-10-7-16-4-5-18-13(16)15-10/h2-7H,8H2,1H3. The summed E-state index contributed by atoms with van der Waals surface area (Å²) in [5.74, 6) is 0.868. The lowest BCUT2D eigenvalue weighted by atomic mass is 10.2. The lowest BCUT2D eigenvalue weighted by molar-refractivity contribution is 0.302. The molecule has 2 heterocycles. The van der Waals surface area contributed by atoms with Crippen LogP contribution in [0.3, 0.4) is 0 Å². The van der Waals surface area contributed by atoms with Crippen LogP contribution in [0.25, 0.3) is 4.96 Å². The second kappa shape index (κ2) is 4.74. The topological polar surface area (TPSA) is 26.5 Å². The zero-order valence-corrected chi connectivity index (χ0v) is 12.2. The van der Waals surface area contributed by atoms with Crippen molar-refractivity contribution < 1.29 is 4.74 Å². The van der Waals surface area contributed by atoms with E-state index in [4.69, 9.17) is 4.74 Å². The van der Waals surface area contributed by atoms with Gasteiger partial charge in [-0.05, 0) is 30.7 Å². The first-order valence-corrected chi connectivity index (χ1v) is 7.20. The minimum absolute atomic E-state index is 0.496. The minimum atomic E-state index is 0.496. The van der Waals surface area contributed by atoms with Crippen LogP contribution in [0.15, 0.2) is 40.4 Å². The first-order valence-electron chi connectivity index (χ1n) is 5.52. The molecule has 5 heteroatoms. The lowest BCUT2D eigenvalue weighted by Gasteiger charge is -2.05. The van der Waals surface area contributed by atoms with E-state index < -0.39 is 0 Å². The number of aryl methyl sites for hydroxylation is 1. The van der Waals surface area contributed by atoms with Crippen molar-refractivity contribution in [1.82, 2.24) is 9.38 Å². The molecule has 3 aromatic rings. The molecule has 0 atom stereocenters. The Morgan fingerprint density at radius 3 is 3.11 bits per heavy atom. The van der Waals surface area contributed by atoms with Crippen LogP contribution >= 0.6 is 27.3 Å². The molecule has 0 unspecified atom stereocenters. The fraction of sp³-hybridized carbons (Fsp3) is 0.154.